The van der Waals surface area contributed by atoms with E-state index in [4.69, 9.17) is 4.74 Å². The van der Waals surface area contributed by atoms with Crippen LogP contribution in [0.4, 0.5) is 10.5 Å². The summed E-state index contributed by atoms with van der Waals surface area (Å²) in [6.45, 7) is 7.03. The van der Waals surface area contributed by atoms with Gasteiger partial charge in [0.05, 0.1) is 11.8 Å². The van der Waals surface area contributed by atoms with E-state index in [2.05, 4.69) is 5.32 Å². The van der Waals surface area contributed by atoms with Crippen molar-refractivity contribution < 1.29 is 19.7 Å². The van der Waals surface area contributed by atoms with Gasteiger partial charge in [-0.3, -0.25) is 5.32 Å². The van der Waals surface area contributed by atoms with Gasteiger partial charge in [-0.1, -0.05) is 6.07 Å². The third-order valence-corrected chi connectivity index (χ3v) is 2.55. The van der Waals surface area contributed by atoms with E-state index >= 15 is 0 Å². The molecule has 0 aromatic heterocycles. The normalized spacial score (nSPS) is 12.8. The van der Waals surface area contributed by atoms with E-state index in [1.807, 2.05) is 0 Å². The van der Waals surface area contributed by atoms with Gasteiger partial charge in [0, 0.05) is 0 Å². The highest BCUT2D eigenvalue weighted by Gasteiger charge is 2.17. The molecule has 3 N–H and O–H groups in total. The summed E-state index contributed by atoms with van der Waals surface area (Å²) >= 11 is 0. The van der Waals surface area contributed by atoms with Crippen molar-refractivity contribution in [2.45, 2.75) is 52.2 Å². The van der Waals surface area contributed by atoms with Crippen LogP contribution >= 0.6 is 0 Å². The van der Waals surface area contributed by atoms with Crippen molar-refractivity contribution in [3.63, 3.8) is 0 Å². The van der Waals surface area contributed by atoms with Crippen LogP contribution in [0.1, 0.15) is 39.7 Å². The molecule has 0 aliphatic heterocycles. The molecule has 1 atom stereocenters. The molecule has 5 nitrogen and oxygen atoms in total. The number of anilines is 1. The highest BCUT2D eigenvalue weighted by Crippen LogP contribution is 2.25. The number of carbonyl (C=O) groups excluding carboxylic acids is 1. The van der Waals surface area contributed by atoms with Crippen molar-refractivity contribution in [2.24, 2.45) is 0 Å². The number of aliphatic hydroxyl groups excluding tert-OH is 1. The fraction of sp³-hybridized carbons (Fsp3) is 0.533. The summed E-state index contributed by atoms with van der Waals surface area (Å²) in [4.78, 5) is 11.7. The number of benzene rings is 1. The van der Waals surface area contributed by atoms with Crippen LogP contribution in [0.15, 0.2) is 18.2 Å². The Kier molecular flexibility index (Phi) is 5.39. The van der Waals surface area contributed by atoms with E-state index in [0.29, 0.717) is 18.5 Å². The van der Waals surface area contributed by atoms with E-state index in [0.717, 1.165) is 5.56 Å². The summed E-state index contributed by atoms with van der Waals surface area (Å²) < 4.78 is 5.13. The Morgan fingerprint density at radius 1 is 1.40 bits per heavy atom. The molecular formula is C15H23NO4. The quantitative estimate of drug-likeness (QED) is 0.741. The zero-order valence-electron chi connectivity index (χ0n) is 12.4. The Hall–Kier alpha value is -1.75. The number of aryl methyl sites for hydroxylation is 1. The maximum atomic E-state index is 11.7. The Bertz CT molecular complexity index is 463. The lowest BCUT2D eigenvalue weighted by atomic mass is 10.1. The summed E-state index contributed by atoms with van der Waals surface area (Å²) in [5.74, 6) is -0.0170. The van der Waals surface area contributed by atoms with Crippen LogP contribution in [0, 0.1) is 0 Å². The van der Waals surface area contributed by atoms with Crippen molar-refractivity contribution in [1.29, 1.82) is 0 Å². The number of aromatic hydroxyl groups is 1. The molecule has 1 aromatic rings. The molecular weight excluding hydrogens is 258 g/mol. The smallest absolute Gasteiger partial charge is 0.412 e. The molecule has 0 heterocycles. The summed E-state index contributed by atoms with van der Waals surface area (Å²) in [6, 6.07) is 4.96. The van der Waals surface area contributed by atoms with Gasteiger partial charge in [0.25, 0.3) is 0 Å². The van der Waals surface area contributed by atoms with Crippen LogP contribution in [-0.2, 0) is 11.2 Å². The second-order valence-corrected chi connectivity index (χ2v) is 5.87. The molecule has 0 saturated carbocycles. The van der Waals surface area contributed by atoms with Gasteiger partial charge in [-0.15, -0.1) is 0 Å². The molecule has 20 heavy (non-hydrogen) atoms. The van der Waals surface area contributed by atoms with Gasteiger partial charge in [0.1, 0.15) is 11.4 Å². The molecule has 5 heteroatoms. The molecule has 1 rings (SSSR count). The van der Waals surface area contributed by atoms with Crippen molar-refractivity contribution in [3.05, 3.63) is 23.8 Å². The lowest BCUT2D eigenvalue weighted by Gasteiger charge is -2.20. The van der Waals surface area contributed by atoms with Crippen molar-refractivity contribution in [2.75, 3.05) is 5.32 Å². The van der Waals surface area contributed by atoms with Gasteiger partial charge >= 0.3 is 6.09 Å². The monoisotopic (exact) mass is 281 g/mol. The molecule has 1 amide bonds. The zero-order valence-corrected chi connectivity index (χ0v) is 12.4. The lowest BCUT2D eigenvalue weighted by Crippen LogP contribution is -2.27. The van der Waals surface area contributed by atoms with Gasteiger partial charge in [0.2, 0.25) is 0 Å². The van der Waals surface area contributed by atoms with Crippen LogP contribution in [0.5, 0.6) is 5.75 Å². The molecule has 0 unspecified atom stereocenters. The van der Waals surface area contributed by atoms with Crippen LogP contribution in [0.25, 0.3) is 0 Å². The first-order valence-corrected chi connectivity index (χ1v) is 6.67. The average Bonchev–Trinajstić information content (AvgIpc) is 2.27. The number of ether oxygens (including phenoxy) is 1. The van der Waals surface area contributed by atoms with Gasteiger partial charge in [-0.05, 0) is 58.2 Å². The molecule has 0 saturated heterocycles. The molecule has 0 fully saturated rings. The number of phenols is 1. The predicted octanol–water partition coefficient (Wildman–Crippen LogP) is 3.05. The summed E-state index contributed by atoms with van der Waals surface area (Å²) in [5, 5.41) is 21.5. The Balaban J connectivity index is 2.73. The number of amides is 1. The molecule has 0 spiro atoms. The largest absolute Gasteiger partial charge is 0.506 e. The number of aliphatic hydroxyl groups is 1. The maximum absolute atomic E-state index is 11.7. The number of rotatable bonds is 4. The van der Waals surface area contributed by atoms with E-state index < -0.39 is 11.7 Å². The molecule has 1 aromatic carbocycles. The Morgan fingerprint density at radius 3 is 2.60 bits per heavy atom. The maximum Gasteiger partial charge on any atom is 0.412 e. The fourth-order valence-electron chi connectivity index (χ4n) is 1.63. The SMILES string of the molecule is C[C@@H](O)CCc1ccc(O)c(NC(=O)OC(C)(C)C)c1. The lowest BCUT2D eigenvalue weighted by molar-refractivity contribution is 0.0635. The van der Waals surface area contributed by atoms with Crippen molar-refractivity contribution >= 4 is 11.8 Å². The summed E-state index contributed by atoms with van der Waals surface area (Å²) in [7, 11) is 0. The second kappa shape index (κ2) is 6.61. The summed E-state index contributed by atoms with van der Waals surface area (Å²) in [6.07, 6.45) is 0.295. The first-order valence-electron chi connectivity index (χ1n) is 6.67. The van der Waals surface area contributed by atoms with E-state index in [9.17, 15) is 15.0 Å². The number of phenolic OH excluding ortho intramolecular Hbond substituents is 1. The van der Waals surface area contributed by atoms with E-state index in [1.54, 1.807) is 39.8 Å². The van der Waals surface area contributed by atoms with Gasteiger partial charge in [0.15, 0.2) is 0 Å². The molecule has 0 aliphatic rings. The first-order chi connectivity index (χ1) is 9.17. The van der Waals surface area contributed by atoms with Crippen LogP contribution < -0.4 is 5.32 Å². The highest BCUT2D eigenvalue weighted by atomic mass is 16.6. The summed E-state index contributed by atoms with van der Waals surface area (Å²) in [5.41, 5.74) is 0.640. The number of hydrogen-bond donors (Lipinski definition) is 3. The molecule has 0 bridgehead atoms. The minimum absolute atomic E-state index is 0.0170. The minimum atomic E-state index is -0.611. The van der Waals surface area contributed by atoms with Gasteiger partial charge in [-0.2, -0.15) is 0 Å². The first kappa shape index (κ1) is 16.3. The number of nitrogens with one attached hydrogen (secondary N) is 1. The third-order valence-electron chi connectivity index (χ3n) is 2.55. The Labute approximate surface area is 119 Å². The topological polar surface area (TPSA) is 78.8 Å². The Morgan fingerprint density at radius 2 is 2.05 bits per heavy atom. The van der Waals surface area contributed by atoms with Crippen LogP contribution in [0.2, 0.25) is 0 Å². The molecule has 112 valence electrons. The van der Waals surface area contributed by atoms with E-state index in [1.165, 1.54) is 6.07 Å². The van der Waals surface area contributed by atoms with E-state index in [-0.39, 0.29) is 11.9 Å². The van der Waals surface area contributed by atoms with Crippen LogP contribution in [0.3, 0.4) is 0 Å². The van der Waals surface area contributed by atoms with Crippen molar-refractivity contribution in [3.8, 4) is 5.75 Å². The number of carbonyl (C=O) groups is 1. The van der Waals surface area contributed by atoms with Crippen LogP contribution in [-0.4, -0.2) is 28.0 Å². The molecule has 0 aliphatic carbocycles. The highest BCUT2D eigenvalue weighted by molar-refractivity contribution is 5.87. The molecule has 0 radical (unpaired) electrons. The van der Waals surface area contributed by atoms with Gasteiger partial charge in [-0.25, -0.2) is 4.79 Å². The predicted molar refractivity (Wildman–Crippen MR) is 78.0 cm³/mol. The van der Waals surface area contributed by atoms with Gasteiger partial charge < -0.3 is 14.9 Å². The zero-order chi connectivity index (χ0) is 15.3. The number of hydrogen-bond acceptors (Lipinski definition) is 4. The standard InChI is InChI=1S/C15H23NO4/c1-10(17)5-6-11-7-8-13(18)12(9-11)16-14(19)20-15(2,3)4/h7-10,17-18H,5-6H2,1-4H3,(H,16,19)/t10-/m1/s1. The average molecular weight is 281 g/mol. The third kappa shape index (κ3) is 5.93. The van der Waals surface area contributed by atoms with Crippen molar-refractivity contribution in [1.82, 2.24) is 0 Å². The second-order valence-electron chi connectivity index (χ2n) is 5.87. The minimum Gasteiger partial charge on any atom is -0.506 e. The fourth-order valence-corrected chi connectivity index (χ4v) is 1.63.